The predicted octanol–water partition coefficient (Wildman–Crippen LogP) is 1.57. The number of benzene rings is 1. The Bertz CT molecular complexity index is 504. The zero-order valence-electron chi connectivity index (χ0n) is 11.2. The molecular formula is C14H20N4O. The summed E-state index contributed by atoms with van der Waals surface area (Å²) in [5, 5.41) is 7.53. The number of fused-ring (bicyclic) bond motifs is 1. The van der Waals surface area contributed by atoms with Gasteiger partial charge in [-0.25, -0.2) is 0 Å². The lowest BCUT2D eigenvalue weighted by Crippen LogP contribution is -2.21. The molecule has 4 N–H and O–H groups in total. The van der Waals surface area contributed by atoms with Crippen molar-refractivity contribution in [1.82, 2.24) is 0 Å². The Balaban J connectivity index is 2.35. The molecule has 0 unspecified atom stereocenters. The molecule has 1 aromatic carbocycles. The molecule has 102 valence electrons. The summed E-state index contributed by atoms with van der Waals surface area (Å²) in [6, 6.07) is 4.02. The maximum Gasteiger partial charge on any atom is 0.211 e. The quantitative estimate of drug-likeness (QED) is 0.489. The van der Waals surface area contributed by atoms with Crippen LogP contribution in [0.25, 0.3) is 0 Å². The molecule has 0 saturated heterocycles. The predicted molar refractivity (Wildman–Crippen MR) is 77.7 cm³/mol. The molecule has 0 aliphatic heterocycles. The lowest BCUT2D eigenvalue weighted by atomic mass is 9.88. The number of rotatable bonds is 4. The van der Waals surface area contributed by atoms with E-state index in [9.17, 15) is 0 Å². The van der Waals surface area contributed by atoms with Gasteiger partial charge in [-0.05, 0) is 61.4 Å². The second-order valence-corrected chi connectivity index (χ2v) is 4.52. The van der Waals surface area contributed by atoms with Crippen LogP contribution in [0.5, 0.6) is 5.75 Å². The highest BCUT2D eigenvalue weighted by molar-refractivity contribution is 5.84. The lowest BCUT2D eigenvalue weighted by molar-refractivity contribution is 0.334. The smallest absolute Gasteiger partial charge is 0.211 e. The Morgan fingerprint density at radius 2 is 2.00 bits per heavy atom. The van der Waals surface area contributed by atoms with Gasteiger partial charge in [0.1, 0.15) is 5.75 Å². The molecule has 2 rings (SSSR count). The van der Waals surface area contributed by atoms with Crippen LogP contribution in [0.3, 0.4) is 0 Å². The lowest BCUT2D eigenvalue weighted by Gasteiger charge is -2.21. The van der Waals surface area contributed by atoms with E-state index in [1.165, 1.54) is 24.0 Å². The van der Waals surface area contributed by atoms with Crippen LogP contribution in [0.1, 0.15) is 36.5 Å². The van der Waals surface area contributed by atoms with Gasteiger partial charge in [0, 0.05) is 0 Å². The minimum Gasteiger partial charge on any atom is -0.494 e. The third-order valence-electron chi connectivity index (χ3n) is 3.20. The molecule has 0 heterocycles. The van der Waals surface area contributed by atoms with E-state index in [2.05, 4.69) is 10.2 Å². The van der Waals surface area contributed by atoms with Crippen molar-refractivity contribution in [2.75, 3.05) is 6.61 Å². The number of nitrogens with two attached hydrogens (primary N) is 2. The van der Waals surface area contributed by atoms with Crippen molar-refractivity contribution in [3.05, 3.63) is 28.8 Å². The number of hydrogen-bond acceptors (Lipinski definition) is 3. The fourth-order valence-corrected chi connectivity index (χ4v) is 2.43. The van der Waals surface area contributed by atoms with E-state index >= 15 is 0 Å². The van der Waals surface area contributed by atoms with Crippen molar-refractivity contribution in [1.29, 1.82) is 0 Å². The molecule has 5 nitrogen and oxygen atoms in total. The number of hydrogen-bond donors (Lipinski definition) is 2. The summed E-state index contributed by atoms with van der Waals surface area (Å²) in [6.07, 6.45) is 6.24. The highest BCUT2D eigenvalue weighted by Crippen LogP contribution is 2.31. The van der Waals surface area contributed by atoms with Crippen molar-refractivity contribution in [3.8, 4) is 5.75 Å². The second-order valence-electron chi connectivity index (χ2n) is 4.52. The molecule has 1 aromatic rings. The molecule has 19 heavy (non-hydrogen) atoms. The monoisotopic (exact) mass is 260 g/mol. The van der Waals surface area contributed by atoms with Crippen molar-refractivity contribution in [2.45, 2.75) is 32.6 Å². The van der Waals surface area contributed by atoms with Crippen molar-refractivity contribution >= 4 is 12.2 Å². The van der Waals surface area contributed by atoms with E-state index in [4.69, 9.17) is 16.2 Å². The van der Waals surface area contributed by atoms with Gasteiger partial charge in [-0.2, -0.15) is 5.10 Å². The standard InChI is InChI=1S/C14H20N4O/c1-2-19-13-8-7-10(9-17-18-14(15)16)11-5-3-4-6-12(11)13/h7-9H,2-6H2,1H3,(H4,15,16,18). The fraction of sp³-hybridized carbons (Fsp3) is 0.429. The SMILES string of the molecule is CCOc1ccc(C=NN=C(N)N)c2c1CCCC2. The first kappa shape index (κ1) is 13.4. The summed E-state index contributed by atoms with van der Waals surface area (Å²) < 4.78 is 5.69. The minimum absolute atomic E-state index is 0.0314. The zero-order valence-corrected chi connectivity index (χ0v) is 11.2. The van der Waals surface area contributed by atoms with Crippen LogP contribution >= 0.6 is 0 Å². The number of nitrogens with zero attached hydrogens (tertiary/aromatic N) is 2. The van der Waals surface area contributed by atoms with Gasteiger partial charge in [-0.1, -0.05) is 0 Å². The van der Waals surface area contributed by atoms with Gasteiger partial charge in [0.25, 0.3) is 0 Å². The molecule has 0 saturated carbocycles. The molecule has 5 heteroatoms. The average molecular weight is 260 g/mol. The minimum atomic E-state index is -0.0314. The molecular weight excluding hydrogens is 240 g/mol. The molecule has 0 amide bonds. The largest absolute Gasteiger partial charge is 0.494 e. The van der Waals surface area contributed by atoms with Gasteiger partial charge in [-0.15, -0.1) is 5.10 Å². The van der Waals surface area contributed by atoms with Crippen molar-refractivity contribution < 1.29 is 4.74 Å². The van der Waals surface area contributed by atoms with E-state index in [0.29, 0.717) is 6.61 Å². The Labute approximate surface area is 113 Å². The second kappa shape index (κ2) is 6.22. The van der Waals surface area contributed by atoms with Gasteiger partial charge in [0.15, 0.2) is 0 Å². The first-order chi connectivity index (χ1) is 9.22. The van der Waals surface area contributed by atoms with Crippen LogP contribution in [-0.2, 0) is 12.8 Å². The van der Waals surface area contributed by atoms with Gasteiger partial charge in [0.05, 0.1) is 12.8 Å². The van der Waals surface area contributed by atoms with Gasteiger partial charge in [0.2, 0.25) is 5.96 Å². The molecule has 0 bridgehead atoms. The first-order valence-corrected chi connectivity index (χ1v) is 6.62. The summed E-state index contributed by atoms with van der Waals surface area (Å²) in [5.41, 5.74) is 14.2. The topological polar surface area (TPSA) is 86.0 Å². The molecule has 0 atom stereocenters. The summed E-state index contributed by atoms with van der Waals surface area (Å²) >= 11 is 0. The van der Waals surface area contributed by atoms with Gasteiger partial charge in [-0.3, -0.25) is 0 Å². The molecule has 0 fully saturated rings. The van der Waals surface area contributed by atoms with Gasteiger partial charge < -0.3 is 16.2 Å². The first-order valence-electron chi connectivity index (χ1n) is 6.62. The van der Waals surface area contributed by atoms with Gasteiger partial charge >= 0.3 is 0 Å². The molecule has 1 aliphatic carbocycles. The molecule has 0 spiro atoms. The Hall–Kier alpha value is -2.04. The van der Waals surface area contributed by atoms with Crippen molar-refractivity contribution in [3.63, 3.8) is 0 Å². The average Bonchev–Trinajstić information content (AvgIpc) is 2.41. The molecule has 1 aliphatic rings. The van der Waals surface area contributed by atoms with Crippen LogP contribution in [0.15, 0.2) is 22.3 Å². The maximum absolute atomic E-state index is 5.69. The normalized spacial score (nSPS) is 14.2. The van der Waals surface area contributed by atoms with E-state index in [-0.39, 0.29) is 5.96 Å². The Kier molecular flexibility index (Phi) is 4.39. The maximum atomic E-state index is 5.69. The van der Waals surface area contributed by atoms with E-state index in [0.717, 1.165) is 24.2 Å². The highest BCUT2D eigenvalue weighted by atomic mass is 16.5. The highest BCUT2D eigenvalue weighted by Gasteiger charge is 2.16. The fourth-order valence-electron chi connectivity index (χ4n) is 2.43. The van der Waals surface area contributed by atoms with Crippen LogP contribution < -0.4 is 16.2 Å². The summed E-state index contributed by atoms with van der Waals surface area (Å²) in [6.45, 7) is 2.69. The summed E-state index contributed by atoms with van der Waals surface area (Å²) in [4.78, 5) is 0. The van der Waals surface area contributed by atoms with Crippen LogP contribution in [-0.4, -0.2) is 18.8 Å². The number of ether oxygens (including phenoxy) is 1. The van der Waals surface area contributed by atoms with E-state index in [1.807, 2.05) is 19.1 Å². The Morgan fingerprint density at radius 1 is 1.26 bits per heavy atom. The third kappa shape index (κ3) is 3.24. The Morgan fingerprint density at radius 3 is 2.68 bits per heavy atom. The summed E-state index contributed by atoms with van der Waals surface area (Å²) in [7, 11) is 0. The number of guanidine groups is 1. The molecule has 0 aromatic heterocycles. The zero-order chi connectivity index (χ0) is 13.7. The van der Waals surface area contributed by atoms with Crippen LogP contribution in [0.4, 0.5) is 0 Å². The van der Waals surface area contributed by atoms with E-state index in [1.54, 1.807) is 6.21 Å². The molecule has 0 radical (unpaired) electrons. The van der Waals surface area contributed by atoms with E-state index < -0.39 is 0 Å². The summed E-state index contributed by atoms with van der Waals surface area (Å²) in [5.74, 6) is 0.965. The third-order valence-corrected chi connectivity index (χ3v) is 3.20. The van der Waals surface area contributed by atoms with Crippen LogP contribution in [0, 0.1) is 0 Å². The van der Waals surface area contributed by atoms with Crippen LogP contribution in [0.2, 0.25) is 0 Å². The van der Waals surface area contributed by atoms with Crippen molar-refractivity contribution in [2.24, 2.45) is 21.7 Å².